The second-order valence-corrected chi connectivity index (χ2v) is 5.43. The van der Waals surface area contributed by atoms with Crippen molar-refractivity contribution in [2.75, 3.05) is 6.26 Å². The van der Waals surface area contributed by atoms with Gasteiger partial charge in [-0.25, -0.2) is 4.79 Å². The predicted molar refractivity (Wildman–Crippen MR) is 81.7 cm³/mol. The lowest BCUT2D eigenvalue weighted by molar-refractivity contribution is 0.0690. The van der Waals surface area contributed by atoms with Crippen molar-refractivity contribution in [3.05, 3.63) is 52.0 Å². The number of carboxylic acid groups (broad SMARTS) is 1. The summed E-state index contributed by atoms with van der Waals surface area (Å²) >= 11 is 13.3. The van der Waals surface area contributed by atoms with Crippen LogP contribution in [0.25, 0.3) is 0 Å². The fraction of sp³-hybridized carbons (Fsp3) is 0.0714. The molecule has 20 heavy (non-hydrogen) atoms. The zero-order chi connectivity index (χ0) is 14.7. The number of thioether (sulfide) groups is 1. The quantitative estimate of drug-likeness (QED) is 0.783. The first-order chi connectivity index (χ1) is 9.54. The maximum absolute atomic E-state index is 11.4. The van der Waals surface area contributed by atoms with Gasteiger partial charge in [0.2, 0.25) is 0 Å². The van der Waals surface area contributed by atoms with E-state index in [4.69, 9.17) is 27.9 Å². The molecule has 0 saturated heterocycles. The standard InChI is InChI=1S/C14H10Cl2O3S/c1-20-11-7-3-5-9(12(11)14(17)18)19-10-6-2-4-8(15)13(10)16/h2-7H,1H3,(H,17,18). The number of aromatic carboxylic acids is 1. The summed E-state index contributed by atoms with van der Waals surface area (Å²) in [6.07, 6.45) is 1.80. The molecule has 6 heteroatoms. The summed E-state index contributed by atoms with van der Waals surface area (Å²) < 4.78 is 5.61. The van der Waals surface area contributed by atoms with Crippen LogP contribution in [0.5, 0.6) is 11.5 Å². The highest BCUT2D eigenvalue weighted by atomic mass is 35.5. The zero-order valence-electron chi connectivity index (χ0n) is 10.4. The summed E-state index contributed by atoms with van der Waals surface area (Å²) in [6, 6.07) is 9.98. The molecule has 0 aliphatic heterocycles. The van der Waals surface area contributed by atoms with Crippen LogP contribution in [0, 0.1) is 0 Å². The molecular weight excluding hydrogens is 319 g/mol. The molecule has 0 bridgehead atoms. The van der Waals surface area contributed by atoms with Gasteiger partial charge in [-0.05, 0) is 30.5 Å². The first-order valence-electron chi connectivity index (χ1n) is 5.56. The Morgan fingerprint density at radius 1 is 1.15 bits per heavy atom. The van der Waals surface area contributed by atoms with Crippen molar-refractivity contribution in [3.8, 4) is 11.5 Å². The van der Waals surface area contributed by atoms with Gasteiger partial charge in [0.05, 0.1) is 5.02 Å². The van der Waals surface area contributed by atoms with Gasteiger partial charge in [-0.15, -0.1) is 11.8 Å². The van der Waals surface area contributed by atoms with Crippen LogP contribution in [-0.2, 0) is 0 Å². The maximum Gasteiger partial charge on any atom is 0.340 e. The fourth-order valence-corrected chi connectivity index (χ4v) is 2.60. The third-order valence-electron chi connectivity index (χ3n) is 2.56. The third-order valence-corrected chi connectivity index (χ3v) is 4.14. The number of carbonyl (C=O) groups is 1. The van der Waals surface area contributed by atoms with Crippen molar-refractivity contribution in [2.45, 2.75) is 4.90 Å². The van der Waals surface area contributed by atoms with Crippen molar-refractivity contribution in [3.63, 3.8) is 0 Å². The second-order valence-electron chi connectivity index (χ2n) is 3.79. The van der Waals surface area contributed by atoms with Crippen LogP contribution in [-0.4, -0.2) is 17.3 Å². The van der Waals surface area contributed by atoms with E-state index in [1.807, 2.05) is 0 Å². The van der Waals surface area contributed by atoms with Crippen LogP contribution in [0.15, 0.2) is 41.3 Å². The monoisotopic (exact) mass is 328 g/mol. The number of benzene rings is 2. The van der Waals surface area contributed by atoms with E-state index in [1.165, 1.54) is 11.8 Å². The number of halogens is 2. The van der Waals surface area contributed by atoms with Crippen molar-refractivity contribution in [1.82, 2.24) is 0 Å². The summed E-state index contributed by atoms with van der Waals surface area (Å²) in [4.78, 5) is 12.0. The molecule has 0 saturated carbocycles. The summed E-state index contributed by atoms with van der Waals surface area (Å²) in [6.45, 7) is 0. The molecule has 0 aromatic heterocycles. The fourth-order valence-electron chi connectivity index (χ4n) is 1.66. The SMILES string of the molecule is CSc1cccc(Oc2cccc(Cl)c2Cl)c1C(=O)O. The Bertz CT molecular complexity index is 659. The predicted octanol–water partition coefficient (Wildman–Crippen LogP) is 5.21. The Kier molecular flexibility index (Phi) is 4.81. The highest BCUT2D eigenvalue weighted by molar-refractivity contribution is 7.98. The number of ether oxygens (including phenoxy) is 1. The summed E-state index contributed by atoms with van der Waals surface area (Å²) in [5.41, 5.74) is 0.107. The molecule has 0 atom stereocenters. The zero-order valence-corrected chi connectivity index (χ0v) is 12.7. The maximum atomic E-state index is 11.4. The van der Waals surface area contributed by atoms with Gasteiger partial charge in [-0.1, -0.05) is 35.3 Å². The smallest absolute Gasteiger partial charge is 0.340 e. The van der Waals surface area contributed by atoms with Crippen LogP contribution >= 0.6 is 35.0 Å². The molecule has 0 fully saturated rings. The lowest BCUT2D eigenvalue weighted by Crippen LogP contribution is -2.02. The van der Waals surface area contributed by atoms with Crippen molar-refractivity contribution >= 4 is 40.9 Å². The topological polar surface area (TPSA) is 46.5 Å². The number of hydrogen-bond acceptors (Lipinski definition) is 3. The van der Waals surface area contributed by atoms with Crippen LogP contribution in [0.3, 0.4) is 0 Å². The number of rotatable bonds is 4. The molecule has 2 aromatic carbocycles. The van der Waals surface area contributed by atoms with Crippen LogP contribution in [0.2, 0.25) is 10.0 Å². The van der Waals surface area contributed by atoms with E-state index in [0.29, 0.717) is 15.7 Å². The van der Waals surface area contributed by atoms with Gasteiger partial charge < -0.3 is 9.84 Å². The van der Waals surface area contributed by atoms with E-state index in [-0.39, 0.29) is 16.3 Å². The van der Waals surface area contributed by atoms with E-state index in [2.05, 4.69) is 0 Å². The molecule has 0 unspecified atom stereocenters. The Hall–Kier alpha value is -1.36. The first kappa shape index (κ1) is 15.0. The van der Waals surface area contributed by atoms with Crippen LogP contribution in [0.4, 0.5) is 0 Å². The molecule has 0 aliphatic carbocycles. The van der Waals surface area contributed by atoms with E-state index in [9.17, 15) is 9.90 Å². The Balaban J connectivity index is 2.48. The molecule has 0 spiro atoms. The van der Waals surface area contributed by atoms with E-state index < -0.39 is 5.97 Å². The summed E-state index contributed by atoms with van der Waals surface area (Å²) in [7, 11) is 0. The van der Waals surface area contributed by atoms with Gasteiger partial charge in [0.1, 0.15) is 22.1 Å². The minimum absolute atomic E-state index is 0.107. The lowest BCUT2D eigenvalue weighted by atomic mass is 10.2. The van der Waals surface area contributed by atoms with Gasteiger partial charge in [0.15, 0.2) is 0 Å². The average Bonchev–Trinajstić information content (AvgIpc) is 2.43. The largest absolute Gasteiger partial charge is 0.478 e. The average molecular weight is 329 g/mol. The highest BCUT2D eigenvalue weighted by Crippen LogP contribution is 2.37. The highest BCUT2D eigenvalue weighted by Gasteiger charge is 2.18. The third kappa shape index (κ3) is 3.03. The normalized spacial score (nSPS) is 10.3. The molecule has 104 valence electrons. The summed E-state index contributed by atoms with van der Waals surface area (Å²) in [5.74, 6) is -0.503. The van der Waals surface area contributed by atoms with Gasteiger partial charge in [-0.3, -0.25) is 0 Å². The van der Waals surface area contributed by atoms with Crippen molar-refractivity contribution in [1.29, 1.82) is 0 Å². The van der Waals surface area contributed by atoms with Crippen molar-refractivity contribution in [2.24, 2.45) is 0 Å². The minimum Gasteiger partial charge on any atom is -0.478 e. The van der Waals surface area contributed by atoms with Crippen LogP contribution in [0.1, 0.15) is 10.4 Å². The molecule has 1 N–H and O–H groups in total. The number of carboxylic acids is 1. The molecule has 2 rings (SSSR count). The molecule has 3 nitrogen and oxygen atoms in total. The molecule has 0 aliphatic rings. The van der Waals surface area contributed by atoms with E-state index in [1.54, 1.807) is 42.7 Å². The van der Waals surface area contributed by atoms with Gasteiger partial charge in [0, 0.05) is 4.90 Å². The molecule has 0 amide bonds. The Morgan fingerprint density at radius 3 is 2.45 bits per heavy atom. The molecule has 2 aromatic rings. The molecule has 0 radical (unpaired) electrons. The lowest BCUT2D eigenvalue weighted by Gasteiger charge is -2.12. The minimum atomic E-state index is -1.05. The first-order valence-corrected chi connectivity index (χ1v) is 7.55. The molecule has 0 heterocycles. The Labute approximate surface area is 130 Å². The van der Waals surface area contributed by atoms with E-state index in [0.717, 1.165) is 0 Å². The van der Waals surface area contributed by atoms with Gasteiger partial charge >= 0.3 is 5.97 Å². The van der Waals surface area contributed by atoms with Crippen molar-refractivity contribution < 1.29 is 14.6 Å². The molecular formula is C14H10Cl2O3S. The Morgan fingerprint density at radius 2 is 1.80 bits per heavy atom. The van der Waals surface area contributed by atoms with Crippen LogP contribution < -0.4 is 4.74 Å². The number of hydrogen-bond donors (Lipinski definition) is 1. The summed E-state index contributed by atoms with van der Waals surface area (Å²) in [5, 5.41) is 9.93. The van der Waals surface area contributed by atoms with Gasteiger partial charge in [0.25, 0.3) is 0 Å². The second kappa shape index (κ2) is 6.39. The van der Waals surface area contributed by atoms with E-state index >= 15 is 0 Å². The van der Waals surface area contributed by atoms with Gasteiger partial charge in [-0.2, -0.15) is 0 Å².